The maximum absolute atomic E-state index is 5.64. The minimum Gasteiger partial charge on any atom is -0.380 e. The molecule has 1 fully saturated rings. The van der Waals surface area contributed by atoms with Gasteiger partial charge in [0.05, 0.1) is 12.1 Å². The van der Waals surface area contributed by atoms with Gasteiger partial charge in [-0.2, -0.15) is 4.98 Å². The second-order valence-corrected chi connectivity index (χ2v) is 8.63. The number of aromatic nitrogens is 4. The number of aryl methyl sites for hydroxylation is 2. The average Bonchev–Trinajstić information content (AvgIpc) is 3.37. The zero-order valence-electron chi connectivity index (χ0n) is 19.9. The van der Waals surface area contributed by atoms with Gasteiger partial charge in [-0.05, 0) is 63.5 Å². The highest BCUT2D eigenvalue weighted by Crippen LogP contribution is 2.31. The number of fused-ring (bicyclic) bond motifs is 1. The number of hydrogen-bond donors (Lipinski definition) is 1. The predicted octanol–water partition coefficient (Wildman–Crippen LogP) is 3.62. The third kappa shape index (κ3) is 4.71. The quantitative estimate of drug-likeness (QED) is 0.513. The zero-order chi connectivity index (χ0) is 22.7. The van der Waals surface area contributed by atoms with E-state index in [1.54, 1.807) is 0 Å². The summed E-state index contributed by atoms with van der Waals surface area (Å²) >= 11 is 0. The molecule has 8 nitrogen and oxygen atoms in total. The first-order valence-corrected chi connectivity index (χ1v) is 11.6. The Bertz CT molecular complexity index is 1060. The first-order valence-electron chi connectivity index (χ1n) is 11.6. The number of likely N-dealkylation sites (N-methyl/N-ethyl adjacent to an activating group) is 2. The van der Waals surface area contributed by atoms with Crippen LogP contribution in [-0.2, 0) is 17.7 Å². The molecule has 3 aromatic heterocycles. The number of nitrogens with zero attached hydrogens (tertiary/aromatic N) is 6. The van der Waals surface area contributed by atoms with Gasteiger partial charge in [0, 0.05) is 45.2 Å². The van der Waals surface area contributed by atoms with E-state index < -0.39 is 0 Å². The lowest BCUT2D eigenvalue weighted by atomic mass is 10.2. The molecule has 3 aromatic rings. The fraction of sp³-hybridized carbons (Fsp3) is 0.542. The fourth-order valence-electron chi connectivity index (χ4n) is 4.36. The van der Waals surface area contributed by atoms with Gasteiger partial charge in [0.15, 0.2) is 5.82 Å². The molecule has 1 saturated heterocycles. The summed E-state index contributed by atoms with van der Waals surface area (Å²) in [6, 6.07) is 4.45. The second kappa shape index (κ2) is 9.83. The highest BCUT2D eigenvalue weighted by molar-refractivity contribution is 5.91. The van der Waals surface area contributed by atoms with E-state index in [1.807, 2.05) is 25.3 Å². The van der Waals surface area contributed by atoms with E-state index in [1.165, 1.54) is 5.56 Å². The van der Waals surface area contributed by atoms with Crippen LogP contribution in [0.25, 0.3) is 11.0 Å². The van der Waals surface area contributed by atoms with Crippen molar-refractivity contribution in [3.8, 4) is 0 Å². The molecule has 1 atom stereocenters. The smallest absolute Gasteiger partial charge is 0.228 e. The summed E-state index contributed by atoms with van der Waals surface area (Å²) in [6.07, 6.45) is 6.04. The molecule has 0 bridgehead atoms. The van der Waals surface area contributed by atoms with E-state index in [-0.39, 0.29) is 0 Å². The molecule has 0 amide bonds. The Morgan fingerprint density at radius 2 is 2.12 bits per heavy atom. The van der Waals surface area contributed by atoms with Crippen molar-refractivity contribution in [1.82, 2.24) is 24.4 Å². The molecule has 0 radical (unpaired) electrons. The lowest BCUT2D eigenvalue weighted by Crippen LogP contribution is -2.35. The van der Waals surface area contributed by atoms with Crippen LogP contribution >= 0.6 is 0 Å². The van der Waals surface area contributed by atoms with Crippen LogP contribution in [0.4, 0.5) is 17.6 Å². The van der Waals surface area contributed by atoms with Crippen molar-refractivity contribution in [1.29, 1.82) is 0 Å². The largest absolute Gasteiger partial charge is 0.380 e. The van der Waals surface area contributed by atoms with Gasteiger partial charge < -0.3 is 24.4 Å². The number of pyridine rings is 1. The molecule has 0 spiro atoms. The molecular weight excluding hydrogens is 402 g/mol. The van der Waals surface area contributed by atoms with Gasteiger partial charge in [-0.15, -0.1) is 0 Å². The zero-order valence-corrected chi connectivity index (χ0v) is 19.9. The molecule has 8 heteroatoms. The molecule has 32 heavy (non-hydrogen) atoms. The summed E-state index contributed by atoms with van der Waals surface area (Å²) in [5, 5.41) is 3.49. The van der Waals surface area contributed by atoms with Crippen LogP contribution in [0, 0.1) is 6.92 Å². The van der Waals surface area contributed by atoms with Crippen molar-refractivity contribution in [2.75, 3.05) is 50.6 Å². The topological polar surface area (TPSA) is 71.3 Å². The van der Waals surface area contributed by atoms with Crippen molar-refractivity contribution < 1.29 is 4.74 Å². The van der Waals surface area contributed by atoms with Gasteiger partial charge in [0.25, 0.3) is 0 Å². The van der Waals surface area contributed by atoms with Crippen molar-refractivity contribution in [2.45, 2.75) is 46.2 Å². The van der Waals surface area contributed by atoms with E-state index in [0.717, 1.165) is 66.7 Å². The third-order valence-electron chi connectivity index (χ3n) is 6.23. The van der Waals surface area contributed by atoms with Gasteiger partial charge in [-0.1, -0.05) is 6.92 Å². The summed E-state index contributed by atoms with van der Waals surface area (Å²) < 4.78 is 7.85. The Morgan fingerprint density at radius 1 is 1.28 bits per heavy atom. The van der Waals surface area contributed by atoms with E-state index in [0.29, 0.717) is 19.3 Å². The molecule has 1 aliphatic heterocycles. The number of anilines is 3. The fourth-order valence-corrected chi connectivity index (χ4v) is 4.36. The number of nitrogens with one attached hydrogen (secondary N) is 1. The lowest BCUT2D eigenvalue weighted by Gasteiger charge is -2.25. The molecule has 1 aliphatic rings. The van der Waals surface area contributed by atoms with Gasteiger partial charge in [0.2, 0.25) is 5.95 Å². The number of likely N-dealkylation sites (tertiary alicyclic amines) is 1. The van der Waals surface area contributed by atoms with E-state index in [2.05, 4.69) is 58.8 Å². The highest BCUT2D eigenvalue weighted by atomic mass is 16.5. The van der Waals surface area contributed by atoms with Gasteiger partial charge in [0.1, 0.15) is 11.3 Å². The maximum atomic E-state index is 5.64. The Kier molecular flexibility index (Phi) is 6.91. The molecule has 0 unspecified atom stereocenters. The van der Waals surface area contributed by atoms with Crippen molar-refractivity contribution in [3.05, 3.63) is 35.7 Å². The molecular formula is C24H35N7O. The minimum absolute atomic E-state index is 0.410. The van der Waals surface area contributed by atoms with Crippen LogP contribution in [0.5, 0.6) is 0 Å². The monoisotopic (exact) mass is 437 g/mol. The van der Waals surface area contributed by atoms with Crippen molar-refractivity contribution in [2.24, 2.45) is 0 Å². The van der Waals surface area contributed by atoms with Crippen LogP contribution in [-0.4, -0.2) is 70.9 Å². The van der Waals surface area contributed by atoms with Gasteiger partial charge >= 0.3 is 0 Å². The maximum Gasteiger partial charge on any atom is 0.228 e. The van der Waals surface area contributed by atoms with Crippen molar-refractivity contribution in [3.63, 3.8) is 0 Å². The van der Waals surface area contributed by atoms with Crippen LogP contribution in [0.2, 0.25) is 0 Å². The summed E-state index contributed by atoms with van der Waals surface area (Å²) in [5.74, 6) is 2.33. The number of ether oxygens (including phenoxy) is 1. The summed E-state index contributed by atoms with van der Waals surface area (Å²) in [6.45, 7) is 10.5. The third-order valence-corrected chi connectivity index (χ3v) is 6.23. The first kappa shape index (κ1) is 22.5. The first-order chi connectivity index (χ1) is 15.5. The van der Waals surface area contributed by atoms with Crippen LogP contribution in [0.3, 0.4) is 0 Å². The minimum atomic E-state index is 0.410. The second-order valence-electron chi connectivity index (χ2n) is 8.63. The summed E-state index contributed by atoms with van der Waals surface area (Å²) in [5.41, 5.74) is 4.38. The Balaban J connectivity index is 1.80. The van der Waals surface area contributed by atoms with E-state index in [4.69, 9.17) is 14.7 Å². The Morgan fingerprint density at radius 3 is 2.81 bits per heavy atom. The SMILES string of the molecule is CCOCCn1cc(CC)c2nc(N(C)[C@H]3CCN(C)C3)nc(Nc3cc(C)ccn3)c21. The molecule has 172 valence electrons. The molecule has 4 rings (SSSR count). The van der Waals surface area contributed by atoms with E-state index in [9.17, 15) is 0 Å². The standard InChI is InChI=1S/C24H35N7O/c1-6-18-15-31(12-13-32-7-2)22-21(18)27-24(30(5)19-9-11-29(4)16-19)28-23(22)26-20-14-17(3)8-10-25-20/h8,10,14-15,19H,6-7,9,11-13,16H2,1-5H3,(H,25,26,27,28)/t19-/m0/s1. The molecule has 1 N–H and O–H groups in total. The molecule has 0 aromatic carbocycles. The highest BCUT2D eigenvalue weighted by Gasteiger charge is 2.26. The molecule has 0 saturated carbocycles. The molecule has 4 heterocycles. The van der Waals surface area contributed by atoms with Crippen LogP contribution in [0.1, 0.15) is 31.4 Å². The Labute approximate surface area is 190 Å². The van der Waals surface area contributed by atoms with Gasteiger partial charge in [-0.3, -0.25) is 0 Å². The van der Waals surface area contributed by atoms with Crippen LogP contribution < -0.4 is 10.2 Å². The number of hydrogen-bond acceptors (Lipinski definition) is 7. The normalized spacial score (nSPS) is 16.7. The lowest BCUT2D eigenvalue weighted by molar-refractivity contribution is 0.140. The predicted molar refractivity (Wildman–Crippen MR) is 130 cm³/mol. The van der Waals surface area contributed by atoms with Crippen LogP contribution in [0.15, 0.2) is 24.5 Å². The van der Waals surface area contributed by atoms with Crippen molar-refractivity contribution >= 4 is 28.6 Å². The Hall–Kier alpha value is -2.71. The molecule has 0 aliphatic carbocycles. The summed E-state index contributed by atoms with van der Waals surface area (Å²) in [4.78, 5) is 19.2. The summed E-state index contributed by atoms with van der Waals surface area (Å²) in [7, 11) is 4.28. The van der Waals surface area contributed by atoms with E-state index >= 15 is 0 Å². The number of rotatable bonds is 9. The average molecular weight is 438 g/mol. The van der Waals surface area contributed by atoms with Gasteiger partial charge in [-0.25, -0.2) is 9.97 Å².